The van der Waals surface area contributed by atoms with E-state index in [2.05, 4.69) is 0 Å². The van der Waals surface area contributed by atoms with E-state index in [1.54, 1.807) is 13.0 Å². The number of ether oxygens (including phenoxy) is 2. The number of amides is 1. The second kappa shape index (κ2) is 4.80. The molecule has 6 nitrogen and oxygen atoms in total. The molecular formula is C14H14ClNO5. The largest absolute Gasteiger partial charge is 0.481 e. The van der Waals surface area contributed by atoms with Crippen molar-refractivity contribution in [2.45, 2.75) is 13.3 Å². The molecule has 1 fully saturated rings. The van der Waals surface area contributed by atoms with Gasteiger partial charge in [-0.1, -0.05) is 11.6 Å². The van der Waals surface area contributed by atoms with Crippen LogP contribution in [0.2, 0.25) is 5.02 Å². The molecule has 2 heterocycles. The van der Waals surface area contributed by atoms with Crippen molar-refractivity contribution >= 4 is 23.5 Å². The smallest absolute Gasteiger partial charge is 0.311 e. The maximum absolute atomic E-state index is 12.5. The minimum Gasteiger partial charge on any atom is -0.481 e. The minimum atomic E-state index is -0.893. The fourth-order valence-electron chi connectivity index (χ4n) is 2.58. The van der Waals surface area contributed by atoms with Gasteiger partial charge in [-0.2, -0.15) is 0 Å². The minimum absolute atomic E-state index is 0.0769. The number of nitrogens with zero attached hydrogens (tertiary/aromatic N) is 1. The van der Waals surface area contributed by atoms with Crippen molar-refractivity contribution in [3.05, 3.63) is 22.7 Å². The van der Waals surface area contributed by atoms with E-state index in [1.807, 2.05) is 0 Å². The Bertz CT molecular complexity index is 632. The molecule has 0 aromatic heterocycles. The Balaban J connectivity index is 1.84. The maximum Gasteiger partial charge on any atom is 0.311 e. The molecule has 0 unspecified atom stereocenters. The molecule has 1 aromatic carbocycles. The third-order valence-electron chi connectivity index (χ3n) is 3.95. The highest BCUT2D eigenvalue weighted by Gasteiger charge is 2.42. The summed E-state index contributed by atoms with van der Waals surface area (Å²) in [6, 6.07) is 3.10. The quantitative estimate of drug-likeness (QED) is 0.904. The Morgan fingerprint density at radius 3 is 2.81 bits per heavy atom. The molecule has 0 spiro atoms. The van der Waals surface area contributed by atoms with Crippen LogP contribution in [0.25, 0.3) is 0 Å². The van der Waals surface area contributed by atoms with Crippen LogP contribution >= 0.6 is 11.6 Å². The van der Waals surface area contributed by atoms with Gasteiger partial charge in [0.1, 0.15) is 0 Å². The lowest BCUT2D eigenvalue weighted by molar-refractivity contribution is -0.147. The van der Waals surface area contributed by atoms with Crippen molar-refractivity contribution in [1.82, 2.24) is 4.90 Å². The van der Waals surface area contributed by atoms with Gasteiger partial charge in [0.05, 0.1) is 10.4 Å². The van der Waals surface area contributed by atoms with Gasteiger partial charge in [0, 0.05) is 18.7 Å². The summed E-state index contributed by atoms with van der Waals surface area (Å²) in [6.45, 7) is 2.32. The molecule has 0 aliphatic carbocycles. The number of halogens is 1. The molecule has 3 rings (SSSR count). The van der Waals surface area contributed by atoms with Crippen molar-refractivity contribution < 1.29 is 24.2 Å². The monoisotopic (exact) mass is 311 g/mol. The average Bonchev–Trinajstić information content (AvgIpc) is 3.05. The predicted molar refractivity (Wildman–Crippen MR) is 73.8 cm³/mol. The molecule has 1 saturated heterocycles. The molecule has 112 valence electrons. The van der Waals surface area contributed by atoms with Gasteiger partial charge in [-0.05, 0) is 25.5 Å². The second-order valence-corrected chi connectivity index (χ2v) is 5.94. The molecular weight excluding hydrogens is 298 g/mol. The van der Waals surface area contributed by atoms with Crippen LogP contribution in [0.4, 0.5) is 0 Å². The fraction of sp³-hybridized carbons (Fsp3) is 0.429. The summed E-state index contributed by atoms with van der Waals surface area (Å²) in [5.74, 6) is -0.266. The number of rotatable bonds is 2. The Morgan fingerprint density at radius 2 is 2.14 bits per heavy atom. The lowest BCUT2D eigenvalue weighted by Gasteiger charge is -2.20. The first-order chi connectivity index (χ1) is 9.90. The molecule has 2 aliphatic heterocycles. The summed E-state index contributed by atoms with van der Waals surface area (Å²) in [5, 5.41) is 9.53. The molecule has 0 bridgehead atoms. The van der Waals surface area contributed by atoms with Gasteiger partial charge in [-0.3, -0.25) is 9.59 Å². The summed E-state index contributed by atoms with van der Waals surface area (Å²) in [5.41, 5.74) is -0.519. The van der Waals surface area contributed by atoms with E-state index in [9.17, 15) is 14.7 Å². The van der Waals surface area contributed by atoms with E-state index in [1.165, 1.54) is 11.0 Å². The van der Waals surface area contributed by atoms with Crippen molar-refractivity contribution in [1.29, 1.82) is 0 Å². The Morgan fingerprint density at radius 1 is 1.38 bits per heavy atom. The van der Waals surface area contributed by atoms with E-state index in [0.29, 0.717) is 35.1 Å². The van der Waals surface area contributed by atoms with E-state index < -0.39 is 11.4 Å². The first-order valence-electron chi connectivity index (χ1n) is 6.52. The fourth-order valence-corrected chi connectivity index (χ4v) is 2.85. The highest BCUT2D eigenvalue weighted by molar-refractivity contribution is 6.32. The lowest BCUT2D eigenvalue weighted by Crippen LogP contribution is -2.34. The van der Waals surface area contributed by atoms with Gasteiger partial charge in [0.15, 0.2) is 11.5 Å². The van der Waals surface area contributed by atoms with Gasteiger partial charge >= 0.3 is 5.97 Å². The number of carbonyl (C=O) groups is 2. The zero-order chi connectivity index (χ0) is 15.2. The van der Waals surface area contributed by atoms with Crippen molar-refractivity contribution in [2.75, 3.05) is 19.9 Å². The molecule has 21 heavy (non-hydrogen) atoms. The highest BCUT2D eigenvalue weighted by atomic mass is 35.5. The number of hydrogen-bond donors (Lipinski definition) is 1. The predicted octanol–water partition coefficient (Wildman–Crippen LogP) is 2.01. The zero-order valence-electron chi connectivity index (χ0n) is 11.4. The number of hydrogen-bond acceptors (Lipinski definition) is 4. The maximum atomic E-state index is 12.5. The molecule has 1 aromatic rings. The van der Waals surface area contributed by atoms with E-state index in [4.69, 9.17) is 21.1 Å². The molecule has 2 aliphatic rings. The number of fused-ring (bicyclic) bond motifs is 1. The molecule has 7 heteroatoms. The van der Waals surface area contributed by atoms with Crippen LogP contribution in [0.5, 0.6) is 11.5 Å². The zero-order valence-corrected chi connectivity index (χ0v) is 12.1. The summed E-state index contributed by atoms with van der Waals surface area (Å²) >= 11 is 6.06. The number of carboxylic acids is 1. The standard InChI is InChI=1S/C14H14ClNO5/c1-14(13(18)19)2-3-16(6-14)12(17)8-4-9(15)11-10(5-8)20-7-21-11/h4-5H,2-3,6-7H2,1H3,(H,18,19)/t14-/m0/s1. The van der Waals surface area contributed by atoms with Gasteiger partial charge in [0.2, 0.25) is 6.79 Å². The summed E-state index contributed by atoms with van der Waals surface area (Å²) in [6.07, 6.45) is 0.437. The summed E-state index contributed by atoms with van der Waals surface area (Å²) < 4.78 is 10.4. The van der Waals surface area contributed by atoms with E-state index in [-0.39, 0.29) is 19.2 Å². The molecule has 0 radical (unpaired) electrons. The third kappa shape index (κ3) is 2.29. The number of carboxylic acid groups (broad SMARTS) is 1. The topological polar surface area (TPSA) is 76.1 Å². The summed E-state index contributed by atoms with van der Waals surface area (Å²) in [4.78, 5) is 25.3. The Hall–Kier alpha value is -1.95. The van der Waals surface area contributed by atoms with Crippen LogP contribution in [0.1, 0.15) is 23.7 Å². The first-order valence-corrected chi connectivity index (χ1v) is 6.90. The molecule has 1 amide bonds. The molecule has 1 atom stereocenters. The molecule has 0 saturated carbocycles. The summed E-state index contributed by atoms with van der Waals surface area (Å²) in [7, 11) is 0. The van der Waals surface area contributed by atoms with Crippen molar-refractivity contribution in [3.63, 3.8) is 0 Å². The van der Waals surface area contributed by atoms with Gasteiger partial charge in [-0.15, -0.1) is 0 Å². The number of benzene rings is 1. The van der Waals surface area contributed by atoms with Crippen LogP contribution in [0, 0.1) is 5.41 Å². The van der Waals surface area contributed by atoms with Gasteiger partial charge in [-0.25, -0.2) is 0 Å². The first kappa shape index (κ1) is 14.0. The molecule has 1 N–H and O–H groups in total. The number of carbonyl (C=O) groups excluding carboxylic acids is 1. The Labute approximate surface area is 126 Å². The van der Waals surface area contributed by atoms with Crippen molar-refractivity contribution in [3.8, 4) is 11.5 Å². The number of likely N-dealkylation sites (tertiary alicyclic amines) is 1. The lowest BCUT2D eigenvalue weighted by atomic mass is 9.90. The van der Waals surface area contributed by atoms with Crippen LogP contribution in [-0.4, -0.2) is 41.8 Å². The van der Waals surface area contributed by atoms with Gasteiger partial charge < -0.3 is 19.5 Å². The number of aliphatic carboxylic acids is 1. The third-order valence-corrected chi connectivity index (χ3v) is 4.23. The average molecular weight is 312 g/mol. The van der Waals surface area contributed by atoms with Gasteiger partial charge in [0.25, 0.3) is 5.91 Å². The highest BCUT2D eigenvalue weighted by Crippen LogP contribution is 2.40. The van der Waals surface area contributed by atoms with E-state index in [0.717, 1.165) is 0 Å². The normalized spacial score (nSPS) is 23.4. The Kier molecular flexibility index (Phi) is 3.20. The van der Waals surface area contributed by atoms with Crippen LogP contribution < -0.4 is 9.47 Å². The van der Waals surface area contributed by atoms with Crippen LogP contribution in [-0.2, 0) is 4.79 Å². The van der Waals surface area contributed by atoms with Crippen molar-refractivity contribution in [2.24, 2.45) is 5.41 Å². The second-order valence-electron chi connectivity index (χ2n) is 5.53. The van der Waals surface area contributed by atoms with Crippen LogP contribution in [0.3, 0.4) is 0 Å². The van der Waals surface area contributed by atoms with Crippen LogP contribution in [0.15, 0.2) is 12.1 Å². The van der Waals surface area contributed by atoms with E-state index >= 15 is 0 Å². The SMILES string of the molecule is C[C@]1(C(=O)O)CCN(C(=O)c2cc(Cl)c3c(c2)OCO3)C1.